The number of amides is 1. The van der Waals surface area contributed by atoms with Crippen molar-refractivity contribution in [3.63, 3.8) is 0 Å². The van der Waals surface area contributed by atoms with Crippen molar-refractivity contribution in [3.8, 4) is 0 Å². The number of nitrogens with one attached hydrogen (secondary N) is 2. The molecule has 6 nitrogen and oxygen atoms in total. The SMILES string of the molecule is O=C(Nc1ccccc1Cl)c1cc(NCc2cccnc2)ncn1. The van der Waals surface area contributed by atoms with E-state index in [1.54, 1.807) is 42.7 Å². The van der Waals surface area contributed by atoms with Crippen molar-refractivity contribution in [2.75, 3.05) is 10.6 Å². The number of benzene rings is 1. The molecule has 7 heteroatoms. The van der Waals surface area contributed by atoms with Gasteiger partial charge in [0.2, 0.25) is 0 Å². The zero-order valence-electron chi connectivity index (χ0n) is 12.6. The second kappa shape index (κ2) is 7.52. The van der Waals surface area contributed by atoms with Gasteiger partial charge in [-0.05, 0) is 23.8 Å². The first kappa shape index (κ1) is 15.9. The lowest BCUT2D eigenvalue weighted by Gasteiger charge is -2.08. The first-order valence-electron chi connectivity index (χ1n) is 7.23. The summed E-state index contributed by atoms with van der Waals surface area (Å²) in [5.74, 6) is 0.202. The number of pyridine rings is 1. The molecule has 3 aromatic rings. The number of carbonyl (C=O) groups excluding carboxylic acids is 1. The fourth-order valence-corrected chi connectivity index (χ4v) is 2.21. The van der Waals surface area contributed by atoms with Crippen LogP contribution in [0.4, 0.5) is 11.5 Å². The lowest BCUT2D eigenvalue weighted by Crippen LogP contribution is -2.15. The average molecular weight is 340 g/mol. The molecule has 0 spiro atoms. The summed E-state index contributed by atoms with van der Waals surface area (Å²) in [7, 11) is 0. The van der Waals surface area contributed by atoms with E-state index in [0.29, 0.717) is 23.1 Å². The molecule has 3 rings (SSSR count). The van der Waals surface area contributed by atoms with Crippen molar-refractivity contribution >= 4 is 29.0 Å². The van der Waals surface area contributed by atoms with Crippen LogP contribution in [-0.2, 0) is 6.54 Å². The molecule has 24 heavy (non-hydrogen) atoms. The Morgan fingerprint density at radius 1 is 1.12 bits per heavy atom. The summed E-state index contributed by atoms with van der Waals surface area (Å²) in [4.78, 5) is 24.5. The first-order valence-corrected chi connectivity index (χ1v) is 7.61. The lowest BCUT2D eigenvalue weighted by molar-refractivity contribution is 0.102. The van der Waals surface area contributed by atoms with Crippen LogP contribution in [0.25, 0.3) is 0 Å². The highest BCUT2D eigenvalue weighted by Crippen LogP contribution is 2.21. The molecule has 0 atom stereocenters. The Bertz CT molecular complexity index is 841. The highest BCUT2D eigenvalue weighted by Gasteiger charge is 2.10. The monoisotopic (exact) mass is 339 g/mol. The summed E-state index contributed by atoms with van der Waals surface area (Å²) < 4.78 is 0. The molecule has 0 bridgehead atoms. The molecule has 2 aromatic heterocycles. The molecule has 1 amide bonds. The van der Waals surface area contributed by atoms with Gasteiger partial charge >= 0.3 is 0 Å². The van der Waals surface area contributed by atoms with Crippen molar-refractivity contribution in [1.82, 2.24) is 15.0 Å². The lowest BCUT2D eigenvalue weighted by atomic mass is 10.3. The highest BCUT2D eigenvalue weighted by atomic mass is 35.5. The number of carbonyl (C=O) groups is 1. The van der Waals surface area contributed by atoms with Gasteiger partial charge in [0.05, 0.1) is 10.7 Å². The zero-order valence-corrected chi connectivity index (χ0v) is 13.4. The van der Waals surface area contributed by atoms with E-state index in [0.717, 1.165) is 5.56 Å². The van der Waals surface area contributed by atoms with Gasteiger partial charge in [0.15, 0.2) is 0 Å². The second-order valence-electron chi connectivity index (χ2n) is 4.94. The molecule has 120 valence electrons. The number of hydrogen-bond donors (Lipinski definition) is 2. The number of para-hydroxylation sites is 1. The van der Waals surface area contributed by atoms with Crippen LogP contribution in [0.1, 0.15) is 16.1 Å². The van der Waals surface area contributed by atoms with Crippen LogP contribution < -0.4 is 10.6 Å². The van der Waals surface area contributed by atoms with Crippen LogP contribution in [0.2, 0.25) is 5.02 Å². The molecule has 2 N–H and O–H groups in total. The van der Waals surface area contributed by atoms with Gasteiger partial charge in [-0.1, -0.05) is 29.8 Å². The quantitative estimate of drug-likeness (QED) is 0.744. The highest BCUT2D eigenvalue weighted by molar-refractivity contribution is 6.33. The fraction of sp³-hybridized carbons (Fsp3) is 0.0588. The van der Waals surface area contributed by atoms with E-state index in [1.165, 1.54) is 6.33 Å². The minimum Gasteiger partial charge on any atom is -0.366 e. The van der Waals surface area contributed by atoms with E-state index in [1.807, 2.05) is 12.1 Å². The normalized spacial score (nSPS) is 10.2. The van der Waals surface area contributed by atoms with Gasteiger partial charge in [-0.25, -0.2) is 9.97 Å². The number of nitrogens with zero attached hydrogens (tertiary/aromatic N) is 3. The largest absolute Gasteiger partial charge is 0.366 e. The molecule has 0 aliphatic rings. The summed E-state index contributed by atoms with van der Waals surface area (Å²) in [5.41, 5.74) is 1.80. The second-order valence-corrected chi connectivity index (χ2v) is 5.34. The van der Waals surface area contributed by atoms with E-state index in [9.17, 15) is 4.79 Å². The molecular weight excluding hydrogens is 326 g/mol. The number of halogens is 1. The number of aromatic nitrogens is 3. The van der Waals surface area contributed by atoms with Gasteiger partial charge in [0, 0.05) is 25.0 Å². The Balaban J connectivity index is 1.68. The third-order valence-corrected chi connectivity index (χ3v) is 3.55. The molecule has 0 radical (unpaired) electrons. The van der Waals surface area contributed by atoms with Crippen molar-refractivity contribution < 1.29 is 4.79 Å². The molecule has 0 aliphatic carbocycles. The Morgan fingerprint density at radius 2 is 2.00 bits per heavy atom. The van der Waals surface area contributed by atoms with E-state index < -0.39 is 0 Å². The molecule has 0 saturated heterocycles. The van der Waals surface area contributed by atoms with E-state index in [4.69, 9.17) is 11.6 Å². The summed E-state index contributed by atoms with van der Waals surface area (Å²) in [5, 5.41) is 6.33. The maximum Gasteiger partial charge on any atom is 0.274 e. The van der Waals surface area contributed by atoms with Gasteiger partial charge in [0.25, 0.3) is 5.91 Å². The van der Waals surface area contributed by atoms with Gasteiger partial charge in [-0.15, -0.1) is 0 Å². The molecule has 2 heterocycles. The summed E-state index contributed by atoms with van der Waals surface area (Å²) >= 11 is 6.04. The van der Waals surface area contributed by atoms with Gasteiger partial charge in [-0.2, -0.15) is 0 Å². The van der Waals surface area contributed by atoms with E-state index in [-0.39, 0.29) is 11.6 Å². The van der Waals surface area contributed by atoms with Crippen LogP contribution >= 0.6 is 11.6 Å². The molecule has 0 aliphatic heterocycles. The fourth-order valence-electron chi connectivity index (χ4n) is 2.02. The van der Waals surface area contributed by atoms with Crippen molar-refractivity contribution in [2.24, 2.45) is 0 Å². The van der Waals surface area contributed by atoms with Gasteiger partial charge < -0.3 is 10.6 Å². The Hall–Kier alpha value is -2.99. The maximum atomic E-state index is 12.3. The van der Waals surface area contributed by atoms with Crippen LogP contribution in [0.5, 0.6) is 0 Å². The van der Waals surface area contributed by atoms with Crippen LogP contribution in [0.3, 0.4) is 0 Å². The third-order valence-electron chi connectivity index (χ3n) is 3.22. The van der Waals surface area contributed by atoms with Crippen LogP contribution in [0.15, 0.2) is 61.2 Å². The topological polar surface area (TPSA) is 79.8 Å². The summed E-state index contributed by atoms with van der Waals surface area (Å²) in [6.45, 7) is 0.552. The minimum absolute atomic E-state index is 0.249. The molecular formula is C17H14ClN5O. The van der Waals surface area contributed by atoms with Crippen molar-refractivity contribution in [3.05, 3.63) is 77.5 Å². The Kier molecular flexibility index (Phi) is 4.98. The number of hydrogen-bond acceptors (Lipinski definition) is 5. The Morgan fingerprint density at radius 3 is 2.79 bits per heavy atom. The van der Waals surface area contributed by atoms with E-state index in [2.05, 4.69) is 25.6 Å². The van der Waals surface area contributed by atoms with Crippen molar-refractivity contribution in [2.45, 2.75) is 6.54 Å². The van der Waals surface area contributed by atoms with Crippen LogP contribution in [0, 0.1) is 0 Å². The first-order chi connectivity index (χ1) is 11.7. The average Bonchev–Trinajstić information content (AvgIpc) is 2.63. The van der Waals surface area contributed by atoms with Crippen molar-refractivity contribution in [1.29, 1.82) is 0 Å². The minimum atomic E-state index is -0.352. The standard InChI is InChI=1S/C17H14ClN5O/c18-13-5-1-2-6-14(13)23-17(24)15-8-16(22-11-21-15)20-10-12-4-3-7-19-9-12/h1-9,11H,10H2,(H,23,24)(H,20,21,22). The predicted molar refractivity (Wildman–Crippen MR) is 93.0 cm³/mol. The molecule has 0 saturated carbocycles. The maximum absolute atomic E-state index is 12.3. The Labute approximate surface area is 143 Å². The molecule has 0 unspecified atom stereocenters. The molecule has 0 fully saturated rings. The number of rotatable bonds is 5. The summed E-state index contributed by atoms with van der Waals surface area (Å²) in [6, 6.07) is 12.4. The van der Waals surface area contributed by atoms with Gasteiger partial charge in [0.1, 0.15) is 17.8 Å². The van der Waals surface area contributed by atoms with Gasteiger partial charge in [-0.3, -0.25) is 9.78 Å². The van der Waals surface area contributed by atoms with Crippen LogP contribution in [-0.4, -0.2) is 20.9 Å². The third kappa shape index (κ3) is 4.05. The molecule has 1 aromatic carbocycles. The smallest absolute Gasteiger partial charge is 0.274 e. The number of anilines is 2. The predicted octanol–water partition coefficient (Wildman–Crippen LogP) is 3.39. The van der Waals surface area contributed by atoms with E-state index >= 15 is 0 Å². The zero-order chi connectivity index (χ0) is 16.8. The summed E-state index contributed by atoms with van der Waals surface area (Å²) in [6.07, 6.45) is 4.82.